The van der Waals surface area contributed by atoms with Crippen LogP contribution in [0.15, 0.2) is 29.8 Å². The normalized spacial score (nSPS) is 10.6. The molecule has 1 rings (SSSR count). The lowest BCUT2D eigenvalue weighted by atomic mass is 10.1. The number of carbonyl (C=O) groups excluding carboxylic acids is 1. The average Bonchev–Trinajstić information content (AvgIpc) is 2.27. The Morgan fingerprint density at radius 2 is 2.13 bits per heavy atom. The minimum Gasteiger partial charge on any atom is -0.465 e. The Kier molecular flexibility index (Phi) is 3.64. The van der Waals surface area contributed by atoms with Crippen molar-refractivity contribution in [2.24, 2.45) is 0 Å². The lowest BCUT2D eigenvalue weighted by Gasteiger charge is -2.00. The molecule has 3 heteroatoms. The predicted molar refractivity (Wildman–Crippen MR) is 56.8 cm³/mol. The first-order valence-corrected chi connectivity index (χ1v) is 4.44. The zero-order valence-corrected chi connectivity index (χ0v) is 8.65. The number of carbonyl (C=O) groups is 1. The van der Waals surface area contributed by atoms with Crippen molar-refractivity contribution in [1.29, 1.82) is 5.26 Å². The molecule has 0 fully saturated rings. The van der Waals surface area contributed by atoms with Crippen molar-refractivity contribution in [3.8, 4) is 6.07 Å². The third-order valence-electron chi connectivity index (χ3n) is 2.01. The second kappa shape index (κ2) is 4.97. The van der Waals surface area contributed by atoms with E-state index in [1.54, 1.807) is 0 Å². The average molecular weight is 201 g/mol. The number of aryl methyl sites for hydroxylation is 1. The molecule has 0 atom stereocenters. The van der Waals surface area contributed by atoms with Gasteiger partial charge in [-0.05, 0) is 24.1 Å². The van der Waals surface area contributed by atoms with Gasteiger partial charge in [-0.1, -0.05) is 24.3 Å². The van der Waals surface area contributed by atoms with Crippen molar-refractivity contribution in [1.82, 2.24) is 0 Å². The van der Waals surface area contributed by atoms with E-state index < -0.39 is 5.97 Å². The summed E-state index contributed by atoms with van der Waals surface area (Å²) in [6.45, 7) is 1.91. The zero-order chi connectivity index (χ0) is 11.3. The van der Waals surface area contributed by atoms with Gasteiger partial charge < -0.3 is 4.74 Å². The van der Waals surface area contributed by atoms with Crippen LogP contribution in [0, 0.1) is 18.3 Å². The van der Waals surface area contributed by atoms with Crippen LogP contribution in [-0.2, 0) is 9.53 Å². The van der Waals surface area contributed by atoms with Crippen molar-refractivity contribution in [3.63, 3.8) is 0 Å². The van der Waals surface area contributed by atoms with Crippen molar-refractivity contribution in [3.05, 3.63) is 41.0 Å². The van der Waals surface area contributed by atoms with Gasteiger partial charge in [0.05, 0.1) is 7.11 Å². The van der Waals surface area contributed by atoms with Crippen LogP contribution >= 0.6 is 0 Å². The van der Waals surface area contributed by atoms with Gasteiger partial charge in [0.2, 0.25) is 0 Å². The number of hydrogen-bond acceptors (Lipinski definition) is 3. The standard InChI is InChI=1S/C12H11NO2/c1-9-5-3-4-6-10(9)7-11(8-13)12(14)15-2/h3-7H,1-2H3/b11-7-. The Balaban J connectivity index is 3.11. The van der Waals surface area contributed by atoms with Crippen LogP contribution < -0.4 is 0 Å². The second-order valence-electron chi connectivity index (χ2n) is 3.02. The fourth-order valence-corrected chi connectivity index (χ4v) is 1.15. The Morgan fingerprint density at radius 3 is 2.67 bits per heavy atom. The van der Waals surface area contributed by atoms with E-state index in [1.807, 2.05) is 37.3 Å². The van der Waals surface area contributed by atoms with Crippen LogP contribution in [0.25, 0.3) is 6.08 Å². The number of hydrogen-bond donors (Lipinski definition) is 0. The van der Waals surface area contributed by atoms with Crippen LogP contribution in [-0.4, -0.2) is 13.1 Å². The molecule has 0 amide bonds. The maximum absolute atomic E-state index is 11.1. The lowest BCUT2D eigenvalue weighted by molar-refractivity contribution is -0.135. The van der Waals surface area contributed by atoms with Crippen molar-refractivity contribution in [2.45, 2.75) is 6.92 Å². The fourth-order valence-electron chi connectivity index (χ4n) is 1.15. The highest BCUT2D eigenvalue weighted by Gasteiger charge is 2.08. The zero-order valence-electron chi connectivity index (χ0n) is 8.65. The first-order valence-electron chi connectivity index (χ1n) is 4.44. The maximum Gasteiger partial charge on any atom is 0.348 e. The number of nitrogens with zero attached hydrogens (tertiary/aromatic N) is 1. The number of benzene rings is 1. The van der Waals surface area contributed by atoms with Gasteiger partial charge in [-0.3, -0.25) is 0 Å². The lowest BCUT2D eigenvalue weighted by Crippen LogP contribution is -2.02. The summed E-state index contributed by atoms with van der Waals surface area (Å²) in [7, 11) is 1.26. The molecular weight excluding hydrogens is 190 g/mol. The van der Waals surface area contributed by atoms with E-state index in [-0.39, 0.29) is 5.57 Å². The van der Waals surface area contributed by atoms with Crippen LogP contribution in [0.4, 0.5) is 0 Å². The van der Waals surface area contributed by atoms with Gasteiger partial charge in [0, 0.05) is 0 Å². The molecule has 0 radical (unpaired) electrons. The molecule has 0 aliphatic rings. The van der Waals surface area contributed by atoms with Gasteiger partial charge in [0.25, 0.3) is 0 Å². The molecule has 0 aliphatic carbocycles. The van der Waals surface area contributed by atoms with Gasteiger partial charge in [0.1, 0.15) is 11.6 Å². The molecule has 0 N–H and O–H groups in total. The SMILES string of the molecule is COC(=O)/C(C#N)=C\c1ccccc1C. The molecule has 0 bridgehead atoms. The molecular formula is C12H11NO2. The molecule has 1 aromatic rings. The number of nitriles is 1. The largest absolute Gasteiger partial charge is 0.465 e. The predicted octanol–water partition coefficient (Wildman–Crippen LogP) is 2.08. The van der Waals surface area contributed by atoms with Crippen molar-refractivity contribution < 1.29 is 9.53 Å². The molecule has 0 spiro atoms. The van der Waals surface area contributed by atoms with E-state index in [2.05, 4.69) is 4.74 Å². The molecule has 0 aliphatic heterocycles. The van der Waals surface area contributed by atoms with Crippen molar-refractivity contribution in [2.75, 3.05) is 7.11 Å². The summed E-state index contributed by atoms with van der Waals surface area (Å²) in [5.41, 5.74) is 1.86. The van der Waals surface area contributed by atoms with Crippen molar-refractivity contribution >= 4 is 12.0 Å². The maximum atomic E-state index is 11.1. The summed E-state index contributed by atoms with van der Waals surface area (Å²) in [6.07, 6.45) is 1.53. The molecule has 15 heavy (non-hydrogen) atoms. The summed E-state index contributed by atoms with van der Waals surface area (Å²) in [5.74, 6) is -0.610. The first-order chi connectivity index (χ1) is 7.19. The summed E-state index contributed by atoms with van der Waals surface area (Å²) in [5, 5.41) is 8.76. The second-order valence-corrected chi connectivity index (χ2v) is 3.02. The number of methoxy groups -OCH3 is 1. The number of esters is 1. The number of ether oxygens (including phenoxy) is 1. The minimum absolute atomic E-state index is 0.00630. The van der Waals surface area contributed by atoms with Crippen LogP contribution in [0.5, 0.6) is 0 Å². The van der Waals surface area contributed by atoms with Gasteiger partial charge in [-0.15, -0.1) is 0 Å². The summed E-state index contributed by atoms with van der Waals surface area (Å²) < 4.78 is 4.49. The highest BCUT2D eigenvalue weighted by Crippen LogP contribution is 2.12. The molecule has 1 aromatic carbocycles. The number of rotatable bonds is 2. The third kappa shape index (κ3) is 2.68. The third-order valence-corrected chi connectivity index (χ3v) is 2.01. The molecule has 0 unspecified atom stereocenters. The Morgan fingerprint density at radius 1 is 1.47 bits per heavy atom. The highest BCUT2D eigenvalue weighted by molar-refractivity contribution is 5.97. The van der Waals surface area contributed by atoms with E-state index in [0.717, 1.165) is 11.1 Å². The molecule has 0 aromatic heterocycles. The molecule has 0 heterocycles. The molecule has 76 valence electrons. The van der Waals surface area contributed by atoms with E-state index in [1.165, 1.54) is 13.2 Å². The van der Waals surface area contributed by atoms with Gasteiger partial charge in [-0.2, -0.15) is 5.26 Å². The highest BCUT2D eigenvalue weighted by atomic mass is 16.5. The van der Waals surface area contributed by atoms with Crippen LogP contribution in [0.1, 0.15) is 11.1 Å². The van der Waals surface area contributed by atoms with Gasteiger partial charge in [-0.25, -0.2) is 4.79 Å². The Labute approximate surface area is 88.6 Å². The van der Waals surface area contributed by atoms with E-state index in [9.17, 15) is 4.79 Å². The Bertz CT molecular complexity index is 441. The monoisotopic (exact) mass is 201 g/mol. The summed E-state index contributed by atoms with van der Waals surface area (Å²) in [6, 6.07) is 9.32. The topological polar surface area (TPSA) is 50.1 Å². The van der Waals surface area contributed by atoms with Gasteiger partial charge in [0.15, 0.2) is 0 Å². The molecule has 0 saturated heterocycles. The first kappa shape index (κ1) is 11.0. The fraction of sp³-hybridized carbons (Fsp3) is 0.167. The molecule has 3 nitrogen and oxygen atoms in total. The summed E-state index contributed by atoms with van der Waals surface area (Å²) >= 11 is 0. The molecule has 0 saturated carbocycles. The van der Waals surface area contributed by atoms with Crippen LogP contribution in [0.2, 0.25) is 0 Å². The van der Waals surface area contributed by atoms with E-state index >= 15 is 0 Å². The summed E-state index contributed by atoms with van der Waals surface area (Å²) in [4.78, 5) is 11.1. The van der Waals surface area contributed by atoms with Crippen LogP contribution in [0.3, 0.4) is 0 Å². The van der Waals surface area contributed by atoms with E-state index in [4.69, 9.17) is 5.26 Å². The van der Waals surface area contributed by atoms with Gasteiger partial charge >= 0.3 is 5.97 Å². The minimum atomic E-state index is -0.610. The van der Waals surface area contributed by atoms with E-state index in [0.29, 0.717) is 0 Å². The smallest absolute Gasteiger partial charge is 0.348 e. The Hall–Kier alpha value is -2.08. The quantitative estimate of drug-likeness (QED) is 0.418.